The number of hydrogen-bond acceptors (Lipinski definition) is 2. The molecule has 1 heterocycles. The molecule has 0 radical (unpaired) electrons. The Hall–Kier alpha value is -1.61. The molecule has 1 saturated carbocycles. The molecule has 0 saturated heterocycles. The Bertz CT molecular complexity index is 633. The molecule has 1 aromatic heterocycles. The van der Waals surface area contributed by atoms with Gasteiger partial charge in [0.15, 0.2) is 0 Å². The van der Waals surface area contributed by atoms with E-state index in [2.05, 4.69) is 49.7 Å². The summed E-state index contributed by atoms with van der Waals surface area (Å²) in [5.41, 5.74) is 3.42. The zero-order valence-corrected chi connectivity index (χ0v) is 14.3. The highest BCUT2D eigenvalue weighted by molar-refractivity contribution is 7.07. The molecule has 1 aliphatic carbocycles. The summed E-state index contributed by atoms with van der Waals surface area (Å²) in [6.07, 6.45) is 2.27. The highest BCUT2D eigenvalue weighted by Gasteiger charge is 2.33. The second-order valence-corrected chi connectivity index (χ2v) is 7.90. The second-order valence-electron chi connectivity index (χ2n) is 7.12. The lowest BCUT2D eigenvalue weighted by Gasteiger charge is -2.23. The highest BCUT2D eigenvalue weighted by atomic mass is 32.1. The van der Waals surface area contributed by atoms with E-state index in [9.17, 15) is 4.79 Å². The molecule has 2 aromatic rings. The first-order valence-electron chi connectivity index (χ1n) is 7.88. The van der Waals surface area contributed by atoms with Crippen molar-refractivity contribution in [2.24, 2.45) is 0 Å². The molecule has 1 aromatic carbocycles. The summed E-state index contributed by atoms with van der Waals surface area (Å²) < 4.78 is 0. The Morgan fingerprint density at radius 1 is 1.18 bits per heavy atom. The first kappa shape index (κ1) is 15.3. The van der Waals surface area contributed by atoms with Crippen LogP contribution in [0.2, 0.25) is 0 Å². The largest absolute Gasteiger partial charge is 0.331 e. The summed E-state index contributed by atoms with van der Waals surface area (Å²) in [4.78, 5) is 14.9. The van der Waals surface area contributed by atoms with Crippen LogP contribution >= 0.6 is 11.3 Å². The van der Waals surface area contributed by atoms with Gasteiger partial charge in [0.1, 0.15) is 0 Å². The molecular formula is C19H23NOS. The zero-order valence-electron chi connectivity index (χ0n) is 13.5. The van der Waals surface area contributed by atoms with Gasteiger partial charge in [-0.05, 0) is 58.3 Å². The van der Waals surface area contributed by atoms with Crippen LogP contribution < -0.4 is 0 Å². The molecule has 2 nitrogen and oxygen atoms in total. The smallest absolute Gasteiger partial charge is 0.254 e. The maximum absolute atomic E-state index is 12.8. The van der Waals surface area contributed by atoms with Crippen LogP contribution in [0.1, 0.15) is 55.1 Å². The van der Waals surface area contributed by atoms with Crippen LogP contribution in [0.25, 0.3) is 0 Å². The van der Waals surface area contributed by atoms with Gasteiger partial charge < -0.3 is 4.90 Å². The lowest BCUT2D eigenvalue weighted by Crippen LogP contribution is -2.32. The fourth-order valence-corrected chi connectivity index (χ4v) is 3.27. The van der Waals surface area contributed by atoms with Gasteiger partial charge in [0, 0.05) is 18.2 Å². The van der Waals surface area contributed by atoms with E-state index in [-0.39, 0.29) is 11.3 Å². The monoisotopic (exact) mass is 313 g/mol. The van der Waals surface area contributed by atoms with Crippen molar-refractivity contribution in [3.05, 3.63) is 57.8 Å². The molecule has 1 fully saturated rings. The molecule has 0 N–H and O–H groups in total. The van der Waals surface area contributed by atoms with Gasteiger partial charge in [0.2, 0.25) is 0 Å². The van der Waals surface area contributed by atoms with E-state index < -0.39 is 0 Å². The van der Waals surface area contributed by atoms with Gasteiger partial charge in [0.05, 0.1) is 0 Å². The van der Waals surface area contributed by atoms with Crippen molar-refractivity contribution in [1.29, 1.82) is 0 Å². The minimum Gasteiger partial charge on any atom is -0.331 e. The molecule has 3 rings (SSSR count). The summed E-state index contributed by atoms with van der Waals surface area (Å²) in [6.45, 7) is 7.30. The van der Waals surface area contributed by atoms with E-state index in [4.69, 9.17) is 0 Å². The molecule has 22 heavy (non-hydrogen) atoms. The third-order valence-corrected chi connectivity index (χ3v) is 4.91. The van der Waals surface area contributed by atoms with Gasteiger partial charge >= 0.3 is 0 Å². The van der Waals surface area contributed by atoms with Crippen LogP contribution in [-0.2, 0) is 12.0 Å². The summed E-state index contributed by atoms with van der Waals surface area (Å²) in [6, 6.07) is 10.7. The highest BCUT2D eigenvalue weighted by Crippen LogP contribution is 2.30. The van der Waals surface area contributed by atoms with E-state index in [1.54, 1.807) is 11.3 Å². The molecule has 0 atom stereocenters. The number of benzene rings is 1. The average Bonchev–Trinajstić information content (AvgIpc) is 3.20. The Labute approximate surface area is 136 Å². The van der Waals surface area contributed by atoms with Gasteiger partial charge in [0.25, 0.3) is 5.91 Å². The predicted molar refractivity (Wildman–Crippen MR) is 92.4 cm³/mol. The topological polar surface area (TPSA) is 20.3 Å². The van der Waals surface area contributed by atoms with Gasteiger partial charge in [-0.3, -0.25) is 4.79 Å². The summed E-state index contributed by atoms with van der Waals surface area (Å²) >= 11 is 1.69. The molecule has 0 unspecified atom stereocenters. The number of carbonyl (C=O) groups excluding carboxylic acids is 1. The lowest BCUT2D eigenvalue weighted by atomic mass is 9.86. The van der Waals surface area contributed by atoms with E-state index in [0.717, 1.165) is 24.9 Å². The van der Waals surface area contributed by atoms with Crippen LogP contribution in [0.4, 0.5) is 0 Å². The third-order valence-electron chi connectivity index (χ3n) is 4.18. The van der Waals surface area contributed by atoms with Crippen LogP contribution in [-0.4, -0.2) is 16.8 Å². The fraction of sp³-hybridized carbons (Fsp3) is 0.421. The number of rotatable bonds is 4. The fourth-order valence-electron chi connectivity index (χ4n) is 2.61. The molecule has 116 valence electrons. The minimum absolute atomic E-state index is 0.119. The van der Waals surface area contributed by atoms with E-state index >= 15 is 0 Å². The van der Waals surface area contributed by atoms with Crippen molar-refractivity contribution in [2.45, 2.75) is 51.6 Å². The minimum atomic E-state index is 0.119. The summed E-state index contributed by atoms with van der Waals surface area (Å²) in [5.74, 6) is 0.161. The first-order chi connectivity index (χ1) is 10.4. The summed E-state index contributed by atoms with van der Waals surface area (Å²) in [7, 11) is 0. The Balaban J connectivity index is 1.78. The van der Waals surface area contributed by atoms with Crippen molar-refractivity contribution in [3.8, 4) is 0 Å². The van der Waals surface area contributed by atoms with Gasteiger partial charge in [-0.2, -0.15) is 11.3 Å². The molecule has 1 aliphatic rings. The molecular weight excluding hydrogens is 290 g/mol. The number of nitrogens with zero attached hydrogens (tertiary/aromatic N) is 1. The van der Waals surface area contributed by atoms with E-state index in [1.807, 2.05) is 17.0 Å². The van der Waals surface area contributed by atoms with E-state index in [1.165, 1.54) is 11.1 Å². The van der Waals surface area contributed by atoms with Crippen molar-refractivity contribution in [3.63, 3.8) is 0 Å². The number of carbonyl (C=O) groups is 1. The Morgan fingerprint density at radius 2 is 1.86 bits per heavy atom. The van der Waals surface area contributed by atoms with Crippen molar-refractivity contribution in [1.82, 2.24) is 4.90 Å². The average molecular weight is 313 g/mol. The Kier molecular flexibility index (Phi) is 4.09. The number of thiophene rings is 1. The predicted octanol–water partition coefficient (Wildman–Crippen LogP) is 4.85. The molecule has 3 heteroatoms. The maximum atomic E-state index is 12.8. The Morgan fingerprint density at radius 3 is 2.36 bits per heavy atom. The SMILES string of the molecule is CC(C)(C)c1ccc(C(=O)N(Cc2ccsc2)C2CC2)cc1. The van der Waals surface area contributed by atoms with Gasteiger partial charge in [-0.15, -0.1) is 0 Å². The van der Waals surface area contributed by atoms with E-state index in [0.29, 0.717) is 6.04 Å². The second kappa shape index (κ2) is 5.88. The quantitative estimate of drug-likeness (QED) is 0.790. The van der Waals surface area contributed by atoms with Crippen LogP contribution in [0, 0.1) is 0 Å². The summed E-state index contributed by atoms with van der Waals surface area (Å²) in [5, 5.41) is 4.20. The van der Waals surface area contributed by atoms with Crippen LogP contribution in [0.15, 0.2) is 41.1 Å². The molecule has 0 bridgehead atoms. The van der Waals surface area contributed by atoms with Crippen LogP contribution in [0.5, 0.6) is 0 Å². The molecule has 0 spiro atoms. The maximum Gasteiger partial charge on any atom is 0.254 e. The molecule has 1 amide bonds. The van der Waals surface area contributed by atoms with Gasteiger partial charge in [-0.25, -0.2) is 0 Å². The number of amides is 1. The third kappa shape index (κ3) is 3.41. The van der Waals surface area contributed by atoms with Crippen molar-refractivity contribution < 1.29 is 4.79 Å². The standard InChI is InChI=1S/C19H23NOS/c1-19(2,3)16-6-4-15(5-7-16)18(21)20(17-8-9-17)12-14-10-11-22-13-14/h4-7,10-11,13,17H,8-9,12H2,1-3H3. The van der Waals surface area contributed by atoms with Crippen molar-refractivity contribution in [2.75, 3.05) is 0 Å². The van der Waals surface area contributed by atoms with Crippen molar-refractivity contribution >= 4 is 17.2 Å². The lowest BCUT2D eigenvalue weighted by molar-refractivity contribution is 0.0730. The normalized spacial score (nSPS) is 14.9. The number of hydrogen-bond donors (Lipinski definition) is 0. The molecule has 0 aliphatic heterocycles. The zero-order chi connectivity index (χ0) is 15.7. The first-order valence-corrected chi connectivity index (χ1v) is 8.82. The van der Waals surface area contributed by atoms with Crippen LogP contribution in [0.3, 0.4) is 0 Å². The van der Waals surface area contributed by atoms with Gasteiger partial charge in [-0.1, -0.05) is 32.9 Å².